The number of halogens is 1. The number of benzene rings is 2. The molecule has 2 N–H and O–H groups in total. The molecule has 5 rings (SSSR count). The lowest BCUT2D eigenvalue weighted by Crippen LogP contribution is -1.83. The van der Waals surface area contributed by atoms with Gasteiger partial charge in [0.05, 0.1) is 11.2 Å². The van der Waals surface area contributed by atoms with Crippen molar-refractivity contribution in [3.63, 3.8) is 0 Å². The predicted molar refractivity (Wildman–Crippen MR) is 100 cm³/mol. The smallest absolute Gasteiger partial charge is 0.183 e. The average molecular weight is 356 g/mol. The van der Waals surface area contributed by atoms with E-state index in [1.54, 1.807) is 24.5 Å². The summed E-state index contributed by atoms with van der Waals surface area (Å²) in [6, 6.07) is 15.9. The van der Waals surface area contributed by atoms with Crippen LogP contribution in [0.15, 0.2) is 67.0 Å². The Morgan fingerprint density at radius 2 is 1.67 bits per heavy atom. The van der Waals surface area contributed by atoms with Crippen molar-refractivity contribution in [3.05, 3.63) is 72.8 Å². The van der Waals surface area contributed by atoms with Crippen LogP contribution in [0.3, 0.4) is 0 Å². The van der Waals surface area contributed by atoms with Crippen molar-refractivity contribution in [1.29, 1.82) is 0 Å². The first-order chi connectivity index (χ1) is 13.3. The standard InChI is InChI=1S/C20H13FN6/c21-15-6-3-12(4-7-15)18-16-10-13(5-8-17(16)24-25-18)19-23-20(27-26-19)14-2-1-9-22-11-14/h1-11H,(H,24,25)(H,23,26,27). The second kappa shape index (κ2) is 6.14. The molecule has 0 spiro atoms. The topological polar surface area (TPSA) is 83.1 Å². The van der Waals surface area contributed by atoms with Gasteiger partial charge in [-0.3, -0.25) is 15.2 Å². The maximum absolute atomic E-state index is 13.2. The zero-order valence-electron chi connectivity index (χ0n) is 14.0. The quantitative estimate of drug-likeness (QED) is 0.507. The third-order valence-electron chi connectivity index (χ3n) is 4.36. The molecule has 0 amide bonds. The van der Waals surface area contributed by atoms with Gasteiger partial charge in [0.1, 0.15) is 5.82 Å². The highest BCUT2D eigenvalue weighted by Gasteiger charge is 2.12. The Morgan fingerprint density at radius 3 is 2.48 bits per heavy atom. The molecule has 0 aliphatic heterocycles. The second-order valence-electron chi connectivity index (χ2n) is 6.09. The molecule has 3 aromatic heterocycles. The van der Waals surface area contributed by atoms with Crippen LogP contribution < -0.4 is 0 Å². The van der Waals surface area contributed by atoms with Crippen molar-refractivity contribution in [2.24, 2.45) is 0 Å². The van der Waals surface area contributed by atoms with Gasteiger partial charge in [0.15, 0.2) is 11.6 Å². The van der Waals surface area contributed by atoms with E-state index in [2.05, 4.69) is 30.4 Å². The Balaban J connectivity index is 1.58. The van der Waals surface area contributed by atoms with E-state index in [0.29, 0.717) is 11.6 Å². The fourth-order valence-corrected chi connectivity index (χ4v) is 3.00. The van der Waals surface area contributed by atoms with Gasteiger partial charge in [0, 0.05) is 34.5 Å². The van der Waals surface area contributed by atoms with E-state index < -0.39 is 0 Å². The van der Waals surface area contributed by atoms with E-state index in [1.807, 2.05) is 30.3 Å². The van der Waals surface area contributed by atoms with Gasteiger partial charge in [-0.25, -0.2) is 9.37 Å². The molecule has 0 aliphatic carbocycles. The lowest BCUT2D eigenvalue weighted by molar-refractivity contribution is 0.628. The molecule has 0 fully saturated rings. The Labute approximate surface area is 153 Å². The van der Waals surface area contributed by atoms with Crippen LogP contribution in [0.4, 0.5) is 4.39 Å². The Bertz CT molecular complexity index is 1220. The molecule has 0 radical (unpaired) electrons. The van der Waals surface area contributed by atoms with Crippen molar-refractivity contribution in [1.82, 2.24) is 30.4 Å². The molecular weight excluding hydrogens is 343 g/mol. The van der Waals surface area contributed by atoms with Crippen molar-refractivity contribution < 1.29 is 4.39 Å². The number of aromatic nitrogens is 6. The first-order valence-electron chi connectivity index (χ1n) is 8.35. The molecule has 27 heavy (non-hydrogen) atoms. The van der Waals surface area contributed by atoms with Crippen LogP contribution in [0.2, 0.25) is 0 Å². The van der Waals surface area contributed by atoms with Crippen LogP contribution >= 0.6 is 0 Å². The van der Waals surface area contributed by atoms with Crippen LogP contribution in [0.1, 0.15) is 0 Å². The second-order valence-corrected chi connectivity index (χ2v) is 6.09. The van der Waals surface area contributed by atoms with Crippen LogP contribution in [-0.4, -0.2) is 30.4 Å². The molecule has 2 aromatic carbocycles. The molecule has 5 aromatic rings. The van der Waals surface area contributed by atoms with Gasteiger partial charge < -0.3 is 0 Å². The molecular formula is C20H13FN6. The third-order valence-corrected chi connectivity index (χ3v) is 4.36. The molecule has 130 valence electrons. The van der Waals surface area contributed by atoms with E-state index in [0.717, 1.165) is 33.3 Å². The lowest BCUT2D eigenvalue weighted by Gasteiger charge is -2.00. The molecule has 0 atom stereocenters. The SMILES string of the molecule is Fc1ccc(-c2n[nH]c3ccc(-c4nc(-c5cccnc5)n[nH]4)cc23)cc1. The van der Waals surface area contributed by atoms with E-state index in [1.165, 1.54) is 12.1 Å². The van der Waals surface area contributed by atoms with E-state index in [9.17, 15) is 4.39 Å². The maximum atomic E-state index is 13.2. The minimum absolute atomic E-state index is 0.274. The van der Waals surface area contributed by atoms with Crippen molar-refractivity contribution in [2.75, 3.05) is 0 Å². The number of rotatable bonds is 3. The molecule has 0 unspecified atom stereocenters. The Kier molecular flexibility index (Phi) is 3.50. The fourth-order valence-electron chi connectivity index (χ4n) is 3.00. The highest BCUT2D eigenvalue weighted by molar-refractivity contribution is 5.95. The van der Waals surface area contributed by atoms with Crippen LogP contribution in [0.5, 0.6) is 0 Å². The number of nitrogens with zero attached hydrogens (tertiary/aromatic N) is 4. The number of hydrogen-bond acceptors (Lipinski definition) is 4. The summed E-state index contributed by atoms with van der Waals surface area (Å²) in [5, 5.41) is 15.6. The van der Waals surface area contributed by atoms with E-state index in [-0.39, 0.29) is 5.82 Å². The minimum atomic E-state index is -0.274. The van der Waals surface area contributed by atoms with Gasteiger partial charge in [0.25, 0.3) is 0 Å². The molecule has 3 heterocycles. The summed E-state index contributed by atoms with van der Waals surface area (Å²) in [4.78, 5) is 8.66. The average Bonchev–Trinajstić information content (AvgIpc) is 3.36. The normalized spacial score (nSPS) is 11.1. The van der Waals surface area contributed by atoms with Gasteiger partial charge >= 0.3 is 0 Å². The zero-order chi connectivity index (χ0) is 18.2. The highest BCUT2D eigenvalue weighted by Crippen LogP contribution is 2.30. The number of aromatic amines is 2. The van der Waals surface area contributed by atoms with Crippen LogP contribution in [0, 0.1) is 5.82 Å². The third kappa shape index (κ3) is 2.75. The van der Waals surface area contributed by atoms with Crippen molar-refractivity contribution in [2.45, 2.75) is 0 Å². The summed E-state index contributed by atoms with van der Waals surface area (Å²) in [6.45, 7) is 0. The van der Waals surface area contributed by atoms with Gasteiger partial charge in [0.2, 0.25) is 0 Å². The summed E-state index contributed by atoms with van der Waals surface area (Å²) in [7, 11) is 0. The Hall–Kier alpha value is -3.87. The fraction of sp³-hybridized carbons (Fsp3) is 0. The number of pyridine rings is 1. The van der Waals surface area contributed by atoms with Gasteiger partial charge in [-0.1, -0.05) is 0 Å². The first-order valence-corrected chi connectivity index (χ1v) is 8.35. The first kappa shape index (κ1) is 15.4. The summed E-state index contributed by atoms with van der Waals surface area (Å²) in [5.74, 6) is 0.968. The van der Waals surface area contributed by atoms with Crippen LogP contribution in [0.25, 0.3) is 44.9 Å². The maximum Gasteiger partial charge on any atom is 0.183 e. The van der Waals surface area contributed by atoms with E-state index in [4.69, 9.17) is 0 Å². The number of hydrogen-bond donors (Lipinski definition) is 2. The molecule has 0 aliphatic rings. The summed E-state index contributed by atoms with van der Waals surface area (Å²) in [5.41, 5.74) is 4.23. The van der Waals surface area contributed by atoms with Crippen LogP contribution in [-0.2, 0) is 0 Å². The molecule has 7 heteroatoms. The summed E-state index contributed by atoms with van der Waals surface area (Å²) in [6.07, 6.45) is 3.43. The minimum Gasteiger partial charge on any atom is -0.277 e. The van der Waals surface area contributed by atoms with Crippen molar-refractivity contribution >= 4 is 10.9 Å². The summed E-state index contributed by atoms with van der Waals surface area (Å²) >= 11 is 0. The largest absolute Gasteiger partial charge is 0.277 e. The number of nitrogens with one attached hydrogen (secondary N) is 2. The lowest BCUT2D eigenvalue weighted by atomic mass is 10.1. The molecule has 0 saturated carbocycles. The monoisotopic (exact) mass is 356 g/mol. The predicted octanol–water partition coefficient (Wildman–Crippen LogP) is 4.22. The van der Waals surface area contributed by atoms with Gasteiger partial charge in [-0.15, -0.1) is 0 Å². The van der Waals surface area contributed by atoms with E-state index >= 15 is 0 Å². The molecule has 6 nitrogen and oxygen atoms in total. The van der Waals surface area contributed by atoms with Gasteiger partial charge in [-0.05, 0) is 54.6 Å². The Morgan fingerprint density at radius 1 is 0.815 bits per heavy atom. The van der Waals surface area contributed by atoms with Gasteiger partial charge in [-0.2, -0.15) is 10.2 Å². The summed E-state index contributed by atoms with van der Waals surface area (Å²) < 4.78 is 13.2. The zero-order valence-corrected chi connectivity index (χ0v) is 14.0. The highest BCUT2D eigenvalue weighted by atomic mass is 19.1. The number of H-pyrrole nitrogens is 2. The number of fused-ring (bicyclic) bond motifs is 1. The van der Waals surface area contributed by atoms with Crippen molar-refractivity contribution in [3.8, 4) is 34.0 Å². The molecule has 0 bridgehead atoms. The molecule has 0 saturated heterocycles.